The Morgan fingerprint density at radius 2 is 2.26 bits per heavy atom. The molecule has 126 valence electrons. The minimum absolute atomic E-state index is 0.00989. The molecular weight excluding hydrogens is 292 g/mol. The predicted octanol–water partition coefficient (Wildman–Crippen LogP) is 2.00. The minimum Gasteiger partial charge on any atom is -0.497 e. The maximum absolute atomic E-state index is 12.1. The van der Waals surface area contributed by atoms with E-state index in [0.717, 1.165) is 30.6 Å². The number of hydrogen-bond acceptors (Lipinski definition) is 3. The van der Waals surface area contributed by atoms with E-state index in [4.69, 9.17) is 4.74 Å². The summed E-state index contributed by atoms with van der Waals surface area (Å²) in [5.41, 5.74) is 1.13. The van der Waals surface area contributed by atoms with Gasteiger partial charge in [0.2, 0.25) is 11.8 Å². The molecule has 2 amide bonds. The van der Waals surface area contributed by atoms with Crippen molar-refractivity contribution < 1.29 is 14.3 Å². The highest BCUT2D eigenvalue weighted by molar-refractivity contribution is 5.89. The van der Waals surface area contributed by atoms with Gasteiger partial charge in [-0.25, -0.2) is 0 Å². The van der Waals surface area contributed by atoms with Gasteiger partial charge in [-0.3, -0.25) is 9.59 Å². The molecule has 1 N–H and O–H groups in total. The standard InChI is InChI=1S/C18H26N2O3/c1-3-4-9-19-18(22)15-12-17(21)20(13-15)10-8-14-6-5-7-16(11-14)23-2/h5-7,11,15H,3-4,8-10,12-13H2,1-2H3,(H,19,22). The van der Waals surface area contributed by atoms with Gasteiger partial charge in [0, 0.05) is 26.1 Å². The second-order valence-electron chi connectivity index (χ2n) is 5.99. The van der Waals surface area contributed by atoms with Crippen LogP contribution < -0.4 is 10.1 Å². The van der Waals surface area contributed by atoms with E-state index in [1.807, 2.05) is 24.3 Å². The number of amides is 2. The average Bonchev–Trinajstić information content (AvgIpc) is 2.94. The van der Waals surface area contributed by atoms with Gasteiger partial charge in [-0.15, -0.1) is 0 Å². The molecule has 0 aliphatic carbocycles. The van der Waals surface area contributed by atoms with E-state index in [9.17, 15) is 9.59 Å². The molecule has 1 fully saturated rings. The SMILES string of the molecule is CCCCNC(=O)C1CC(=O)N(CCc2cccc(OC)c2)C1. The van der Waals surface area contributed by atoms with Gasteiger partial charge in [0.25, 0.3) is 0 Å². The van der Waals surface area contributed by atoms with Crippen LogP contribution in [-0.4, -0.2) is 43.5 Å². The third-order valence-corrected chi connectivity index (χ3v) is 4.22. The number of carbonyl (C=O) groups excluding carboxylic acids is 2. The monoisotopic (exact) mass is 318 g/mol. The van der Waals surface area contributed by atoms with E-state index in [1.54, 1.807) is 12.0 Å². The van der Waals surface area contributed by atoms with Gasteiger partial charge in [-0.1, -0.05) is 25.5 Å². The summed E-state index contributed by atoms with van der Waals surface area (Å²) in [6.07, 6.45) is 3.13. The van der Waals surface area contributed by atoms with Crippen LogP contribution in [0.2, 0.25) is 0 Å². The predicted molar refractivity (Wildman–Crippen MR) is 89.3 cm³/mol. The smallest absolute Gasteiger partial charge is 0.225 e. The summed E-state index contributed by atoms with van der Waals surface area (Å²) in [4.78, 5) is 25.9. The quantitative estimate of drug-likeness (QED) is 0.746. The molecule has 0 aromatic heterocycles. The first kappa shape index (κ1) is 17.3. The van der Waals surface area contributed by atoms with Crippen molar-refractivity contribution in [2.24, 2.45) is 5.92 Å². The lowest BCUT2D eigenvalue weighted by Gasteiger charge is -2.16. The van der Waals surface area contributed by atoms with Crippen molar-refractivity contribution in [3.05, 3.63) is 29.8 Å². The van der Waals surface area contributed by atoms with Gasteiger partial charge in [-0.05, 0) is 30.5 Å². The van der Waals surface area contributed by atoms with Crippen molar-refractivity contribution in [3.63, 3.8) is 0 Å². The highest BCUT2D eigenvalue weighted by Crippen LogP contribution is 2.19. The third-order valence-electron chi connectivity index (χ3n) is 4.22. The van der Waals surface area contributed by atoms with E-state index < -0.39 is 0 Å². The number of likely N-dealkylation sites (tertiary alicyclic amines) is 1. The fourth-order valence-electron chi connectivity index (χ4n) is 2.79. The highest BCUT2D eigenvalue weighted by Gasteiger charge is 2.33. The molecule has 1 saturated heterocycles. The van der Waals surface area contributed by atoms with Crippen LogP contribution in [0.15, 0.2) is 24.3 Å². The van der Waals surface area contributed by atoms with Crippen LogP contribution in [0.25, 0.3) is 0 Å². The maximum atomic E-state index is 12.1. The molecule has 0 radical (unpaired) electrons. The molecule has 0 saturated carbocycles. The molecule has 5 heteroatoms. The van der Waals surface area contributed by atoms with Crippen molar-refractivity contribution >= 4 is 11.8 Å². The Kier molecular flexibility index (Phi) is 6.44. The molecular formula is C18H26N2O3. The molecule has 1 atom stereocenters. The maximum Gasteiger partial charge on any atom is 0.225 e. The number of rotatable bonds is 8. The number of benzene rings is 1. The van der Waals surface area contributed by atoms with Crippen LogP contribution in [0.1, 0.15) is 31.7 Å². The fraction of sp³-hybridized carbons (Fsp3) is 0.556. The number of carbonyl (C=O) groups is 2. The topological polar surface area (TPSA) is 58.6 Å². The number of nitrogens with zero attached hydrogens (tertiary/aromatic N) is 1. The van der Waals surface area contributed by atoms with E-state index in [-0.39, 0.29) is 17.7 Å². The lowest BCUT2D eigenvalue weighted by atomic mass is 10.1. The zero-order chi connectivity index (χ0) is 16.7. The van der Waals surface area contributed by atoms with Gasteiger partial charge in [0.15, 0.2) is 0 Å². The van der Waals surface area contributed by atoms with Gasteiger partial charge in [0.05, 0.1) is 13.0 Å². The van der Waals surface area contributed by atoms with Crippen molar-refractivity contribution in [1.82, 2.24) is 10.2 Å². The highest BCUT2D eigenvalue weighted by atomic mass is 16.5. The van der Waals surface area contributed by atoms with Crippen LogP contribution in [-0.2, 0) is 16.0 Å². The lowest BCUT2D eigenvalue weighted by Crippen LogP contribution is -2.34. The molecule has 0 spiro atoms. The van der Waals surface area contributed by atoms with Gasteiger partial charge >= 0.3 is 0 Å². The van der Waals surface area contributed by atoms with E-state index in [1.165, 1.54) is 0 Å². The van der Waals surface area contributed by atoms with Crippen LogP contribution >= 0.6 is 0 Å². The molecule has 1 unspecified atom stereocenters. The first-order valence-corrected chi connectivity index (χ1v) is 8.32. The summed E-state index contributed by atoms with van der Waals surface area (Å²) in [7, 11) is 1.64. The van der Waals surface area contributed by atoms with E-state index in [0.29, 0.717) is 26.1 Å². The molecule has 2 rings (SSSR count). The number of nitrogens with one attached hydrogen (secondary N) is 1. The largest absolute Gasteiger partial charge is 0.497 e. The second-order valence-corrected chi connectivity index (χ2v) is 5.99. The van der Waals surface area contributed by atoms with Crippen LogP contribution in [0, 0.1) is 5.92 Å². The molecule has 1 heterocycles. The van der Waals surface area contributed by atoms with Crippen LogP contribution in [0.3, 0.4) is 0 Å². The summed E-state index contributed by atoms with van der Waals surface area (Å²) < 4.78 is 5.21. The van der Waals surface area contributed by atoms with Gasteiger partial charge in [0.1, 0.15) is 5.75 Å². The number of methoxy groups -OCH3 is 1. The van der Waals surface area contributed by atoms with Crippen molar-refractivity contribution in [2.75, 3.05) is 26.7 Å². The molecule has 1 aliphatic heterocycles. The summed E-state index contributed by atoms with van der Waals surface area (Å²) in [5, 5.41) is 2.92. The fourth-order valence-corrected chi connectivity index (χ4v) is 2.79. The van der Waals surface area contributed by atoms with Gasteiger partial charge < -0.3 is 15.0 Å². The average molecular weight is 318 g/mol. The zero-order valence-electron chi connectivity index (χ0n) is 14.0. The van der Waals surface area contributed by atoms with Crippen LogP contribution in [0.4, 0.5) is 0 Å². The Balaban J connectivity index is 1.82. The normalized spacial score (nSPS) is 17.4. The number of unbranched alkanes of at least 4 members (excludes halogenated alkanes) is 1. The third kappa shape index (κ3) is 4.98. The molecule has 1 aromatic carbocycles. The Morgan fingerprint density at radius 1 is 1.43 bits per heavy atom. The van der Waals surface area contributed by atoms with E-state index >= 15 is 0 Å². The zero-order valence-corrected chi connectivity index (χ0v) is 14.0. The summed E-state index contributed by atoms with van der Waals surface area (Å²) in [6, 6.07) is 7.86. The van der Waals surface area contributed by atoms with E-state index in [2.05, 4.69) is 12.2 Å². The van der Waals surface area contributed by atoms with Gasteiger partial charge in [-0.2, -0.15) is 0 Å². The Labute approximate surface area is 138 Å². The molecule has 5 nitrogen and oxygen atoms in total. The molecule has 23 heavy (non-hydrogen) atoms. The first-order chi connectivity index (χ1) is 11.1. The van der Waals surface area contributed by atoms with Crippen molar-refractivity contribution in [1.29, 1.82) is 0 Å². The minimum atomic E-state index is -0.204. The number of hydrogen-bond donors (Lipinski definition) is 1. The molecule has 0 bridgehead atoms. The van der Waals surface area contributed by atoms with Crippen LogP contribution in [0.5, 0.6) is 5.75 Å². The second kappa shape index (κ2) is 8.56. The Hall–Kier alpha value is -2.04. The summed E-state index contributed by atoms with van der Waals surface area (Å²) in [6.45, 7) is 3.96. The summed E-state index contributed by atoms with van der Waals surface area (Å²) >= 11 is 0. The summed E-state index contributed by atoms with van der Waals surface area (Å²) in [5.74, 6) is 0.701. The first-order valence-electron chi connectivity index (χ1n) is 8.32. The lowest BCUT2D eigenvalue weighted by molar-refractivity contribution is -0.129. The van der Waals surface area contributed by atoms with Crippen molar-refractivity contribution in [3.8, 4) is 5.75 Å². The molecule has 1 aliphatic rings. The van der Waals surface area contributed by atoms with Crippen molar-refractivity contribution in [2.45, 2.75) is 32.6 Å². The Bertz CT molecular complexity index is 545. The Morgan fingerprint density at radius 3 is 3.00 bits per heavy atom. The molecule has 1 aromatic rings. The number of ether oxygens (including phenoxy) is 1.